The number of rotatable bonds is 10. The smallest absolute Gasteiger partial charge is 0.259 e. The van der Waals surface area contributed by atoms with E-state index in [0.29, 0.717) is 33.3 Å². The van der Waals surface area contributed by atoms with Gasteiger partial charge in [0.15, 0.2) is 0 Å². The molecule has 0 aliphatic heterocycles. The molecule has 2 amide bonds. The Labute approximate surface area is 213 Å². The number of amides is 2. The minimum absolute atomic E-state index is 0.0644. The molecule has 9 heteroatoms. The molecule has 0 aromatic heterocycles. The van der Waals surface area contributed by atoms with Gasteiger partial charge in [0, 0.05) is 28.1 Å². The second-order valence-corrected chi connectivity index (χ2v) is 8.01. The molecule has 4 rings (SSSR count). The molecule has 0 bridgehead atoms. The van der Waals surface area contributed by atoms with Gasteiger partial charge in [-0.15, -0.1) is 0 Å². The molecule has 4 aromatic rings. The number of aromatic hydroxyl groups is 1. The lowest BCUT2D eigenvalue weighted by molar-refractivity contribution is -0.282. The number of anilines is 2. The van der Waals surface area contributed by atoms with Crippen LogP contribution in [0.1, 0.15) is 31.8 Å². The van der Waals surface area contributed by atoms with E-state index in [4.69, 9.17) is 9.78 Å². The Morgan fingerprint density at radius 2 is 1.27 bits per heavy atom. The Hall–Kier alpha value is -4.28. The number of fused-ring (bicyclic) bond motifs is 1. The summed E-state index contributed by atoms with van der Waals surface area (Å²) in [4.78, 5) is 45.3. The zero-order valence-electron chi connectivity index (χ0n) is 20.3. The van der Waals surface area contributed by atoms with E-state index in [1.165, 1.54) is 20.3 Å². The summed E-state index contributed by atoms with van der Waals surface area (Å²) in [6.07, 6.45) is 0. The molecule has 190 valence electrons. The molecule has 0 atom stereocenters. The van der Waals surface area contributed by atoms with E-state index < -0.39 is 5.91 Å². The van der Waals surface area contributed by atoms with Crippen molar-refractivity contribution < 1.29 is 34.2 Å². The summed E-state index contributed by atoms with van der Waals surface area (Å²) in [6, 6.07) is 22.4. The molecule has 9 nitrogen and oxygen atoms in total. The van der Waals surface area contributed by atoms with Crippen LogP contribution >= 0.6 is 0 Å². The predicted octanol–water partition coefficient (Wildman–Crippen LogP) is 5.21. The highest BCUT2D eigenvalue weighted by molar-refractivity contribution is 6.10. The van der Waals surface area contributed by atoms with Crippen LogP contribution in [-0.2, 0) is 32.8 Å². The fourth-order valence-corrected chi connectivity index (χ4v) is 3.77. The first kappa shape index (κ1) is 25.8. The largest absolute Gasteiger partial charge is 0.507 e. The lowest BCUT2D eigenvalue weighted by atomic mass is 10.0. The molecule has 0 aliphatic carbocycles. The Kier molecular flexibility index (Phi) is 8.44. The molecule has 3 N–H and O–H groups in total. The van der Waals surface area contributed by atoms with Crippen LogP contribution in [0.15, 0.2) is 78.9 Å². The summed E-state index contributed by atoms with van der Waals surface area (Å²) in [5.74, 6) is -1.02. The number of benzene rings is 4. The molecular formula is C28H26N2O7. The van der Waals surface area contributed by atoms with Gasteiger partial charge in [-0.05, 0) is 47.2 Å². The highest BCUT2D eigenvalue weighted by Crippen LogP contribution is 2.28. The summed E-state index contributed by atoms with van der Waals surface area (Å²) < 4.78 is 0. The van der Waals surface area contributed by atoms with Crippen LogP contribution in [0.4, 0.5) is 11.4 Å². The number of hydrogen-bond acceptors (Lipinski definition) is 7. The first-order valence-electron chi connectivity index (χ1n) is 11.4. The highest BCUT2D eigenvalue weighted by atomic mass is 17.2. The Balaban J connectivity index is 1.58. The van der Waals surface area contributed by atoms with Crippen LogP contribution in [0.2, 0.25) is 0 Å². The average Bonchev–Trinajstić information content (AvgIpc) is 2.91. The summed E-state index contributed by atoms with van der Waals surface area (Å²) >= 11 is 0. The minimum Gasteiger partial charge on any atom is -0.507 e. The average molecular weight is 503 g/mol. The third kappa shape index (κ3) is 6.29. The monoisotopic (exact) mass is 502 g/mol. The van der Waals surface area contributed by atoms with E-state index in [-0.39, 0.29) is 30.4 Å². The van der Waals surface area contributed by atoms with Gasteiger partial charge in [0.25, 0.3) is 11.8 Å². The first-order chi connectivity index (χ1) is 18.0. The van der Waals surface area contributed by atoms with Crippen LogP contribution in [0.5, 0.6) is 5.75 Å². The van der Waals surface area contributed by atoms with E-state index in [0.717, 1.165) is 5.56 Å². The van der Waals surface area contributed by atoms with Gasteiger partial charge in [-0.25, -0.2) is 19.6 Å². The number of hydrogen-bond donors (Lipinski definition) is 3. The maximum Gasteiger partial charge on any atom is 0.259 e. The minimum atomic E-state index is -0.508. The predicted molar refractivity (Wildman–Crippen MR) is 138 cm³/mol. The molecule has 37 heavy (non-hydrogen) atoms. The molecule has 0 unspecified atom stereocenters. The van der Waals surface area contributed by atoms with Crippen molar-refractivity contribution in [2.75, 3.05) is 24.9 Å². The molecule has 0 aliphatic rings. The molecule has 0 radical (unpaired) electrons. The molecule has 0 spiro atoms. The van der Waals surface area contributed by atoms with Crippen molar-refractivity contribution >= 4 is 34.0 Å². The number of carbonyl (C=O) groups excluding carboxylic acids is 2. The Bertz CT molecular complexity index is 1420. The summed E-state index contributed by atoms with van der Waals surface area (Å²) in [6.45, 7) is 0.305. The van der Waals surface area contributed by atoms with Crippen LogP contribution in [0, 0.1) is 0 Å². The third-order valence-corrected chi connectivity index (χ3v) is 5.66. The van der Waals surface area contributed by atoms with Crippen molar-refractivity contribution in [1.82, 2.24) is 0 Å². The molecule has 0 saturated carbocycles. The van der Waals surface area contributed by atoms with Gasteiger partial charge >= 0.3 is 0 Å². The van der Waals surface area contributed by atoms with Gasteiger partial charge in [-0.1, -0.05) is 42.5 Å². The van der Waals surface area contributed by atoms with Crippen LogP contribution in [0.3, 0.4) is 0 Å². The van der Waals surface area contributed by atoms with Crippen LogP contribution < -0.4 is 10.6 Å². The van der Waals surface area contributed by atoms with Gasteiger partial charge in [-0.3, -0.25) is 9.59 Å². The normalized spacial score (nSPS) is 10.9. The lowest BCUT2D eigenvalue weighted by Gasteiger charge is -2.13. The molecule has 0 heterocycles. The van der Waals surface area contributed by atoms with E-state index >= 15 is 0 Å². The van der Waals surface area contributed by atoms with Gasteiger partial charge < -0.3 is 15.7 Å². The zero-order chi connectivity index (χ0) is 26.2. The highest BCUT2D eigenvalue weighted by Gasteiger charge is 2.16. The maximum absolute atomic E-state index is 13.0. The van der Waals surface area contributed by atoms with Crippen molar-refractivity contribution in [2.45, 2.75) is 13.2 Å². The van der Waals surface area contributed by atoms with Gasteiger partial charge in [0.05, 0.1) is 19.8 Å². The Morgan fingerprint density at radius 1 is 0.703 bits per heavy atom. The summed E-state index contributed by atoms with van der Waals surface area (Å²) in [7, 11) is 2.81. The van der Waals surface area contributed by atoms with Gasteiger partial charge in [0.1, 0.15) is 19.0 Å². The second-order valence-electron chi connectivity index (χ2n) is 8.01. The van der Waals surface area contributed by atoms with Crippen molar-refractivity contribution in [3.05, 3.63) is 101 Å². The maximum atomic E-state index is 13.0. The third-order valence-electron chi connectivity index (χ3n) is 5.66. The summed E-state index contributed by atoms with van der Waals surface area (Å²) in [5, 5.41) is 17.5. The molecule has 0 fully saturated rings. The van der Waals surface area contributed by atoms with E-state index in [9.17, 15) is 14.7 Å². The quantitative estimate of drug-likeness (QED) is 0.201. The second kappa shape index (κ2) is 12.1. The number of phenols is 1. The molecule has 4 aromatic carbocycles. The fraction of sp³-hybridized carbons (Fsp3) is 0.143. The van der Waals surface area contributed by atoms with Crippen molar-refractivity contribution in [2.24, 2.45) is 0 Å². The van der Waals surface area contributed by atoms with E-state index in [1.807, 2.05) is 18.2 Å². The standard InChI is InChI=1S/C28H26N2O7/c1-34-36-16-20-7-3-5-9-24(20)29-27(32)19-12-11-18-15-26(31)23(14-22(18)13-19)28(33)30-25-10-6-4-8-21(25)17-37-35-2/h3-15,31H,16-17H2,1-2H3,(H,29,32)(H,30,33). The number of phenolic OH excluding ortho intramolecular Hbond substituents is 1. The number of nitrogens with one attached hydrogen (secondary N) is 2. The molecular weight excluding hydrogens is 476 g/mol. The van der Waals surface area contributed by atoms with Crippen molar-refractivity contribution in [1.29, 1.82) is 0 Å². The van der Waals surface area contributed by atoms with Crippen LogP contribution in [0.25, 0.3) is 10.8 Å². The van der Waals surface area contributed by atoms with Crippen LogP contribution in [-0.4, -0.2) is 31.1 Å². The first-order valence-corrected chi connectivity index (χ1v) is 11.4. The lowest BCUT2D eigenvalue weighted by Crippen LogP contribution is -2.14. The van der Waals surface area contributed by atoms with E-state index in [1.54, 1.807) is 54.6 Å². The molecule has 0 saturated heterocycles. The van der Waals surface area contributed by atoms with Gasteiger partial charge in [0.2, 0.25) is 0 Å². The number of carbonyl (C=O) groups is 2. The topological polar surface area (TPSA) is 115 Å². The number of para-hydroxylation sites is 2. The summed E-state index contributed by atoms with van der Waals surface area (Å²) in [5.41, 5.74) is 3.01. The zero-order valence-corrected chi connectivity index (χ0v) is 20.3. The SMILES string of the molecule is COOCc1ccccc1NC(=O)c1ccc2cc(O)c(C(=O)Nc3ccccc3COOC)cc2c1. The van der Waals surface area contributed by atoms with Crippen molar-refractivity contribution in [3.63, 3.8) is 0 Å². The van der Waals surface area contributed by atoms with Crippen molar-refractivity contribution in [3.8, 4) is 5.75 Å². The fourth-order valence-electron chi connectivity index (χ4n) is 3.77. The van der Waals surface area contributed by atoms with E-state index in [2.05, 4.69) is 20.4 Å². The van der Waals surface area contributed by atoms with Gasteiger partial charge in [-0.2, -0.15) is 0 Å². The Morgan fingerprint density at radius 3 is 1.86 bits per heavy atom.